The molecular weight excluding hydrogens is 381 g/mol. The van der Waals surface area contributed by atoms with Gasteiger partial charge in [-0.25, -0.2) is 19.0 Å². The molecule has 0 atom stereocenters. The summed E-state index contributed by atoms with van der Waals surface area (Å²) in [5.41, 5.74) is 1.26. The molecule has 0 saturated carbocycles. The van der Waals surface area contributed by atoms with Gasteiger partial charge in [-0.2, -0.15) is 0 Å². The molecule has 7 nitrogen and oxygen atoms in total. The summed E-state index contributed by atoms with van der Waals surface area (Å²) in [5.74, 6) is 0.692. The number of rotatable bonds is 5. The van der Waals surface area contributed by atoms with E-state index < -0.39 is 11.7 Å². The predicted octanol–water partition coefficient (Wildman–Crippen LogP) is 3.67. The van der Waals surface area contributed by atoms with E-state index in [1.54, 1.807) is 12.1 Å². The normalized spacial score (nSPS) is 11.0. The van der Waals surface area contributed by atoms with Crippen LogP contribution in [0.25, 0.3) is 16.4 Å². The summed E-state index contributed by atoms with van der Waals surface area (Å²) in [5, 5.41) is 8.89. The number of thiophene rings is 1. The first-order valence-electron chi connectivity index (χ1n) is 8.49. The number of carbonyl (C=O) groups is 1. The second-order valence-electron chi connectivity index (χ2n) is 6.06. The number of benzene rings is 1. The molecule has 0 radical (unpaired) electrons. The molecule has 0 bridgehead atoms. The fourth-order valence-electron chi connectivity index (χ4n) is 2.61. The van der Waals surface area contributed by atoms with Crippen LogP contribution in [0.15, 0.2) is 46.2 Å². The lowest BCUT2D eigenvalue weighted by atomic mass is 10.3. The number of nitrogens with zero attached hydrogens (tertiary/aromatic N) is 4. The van der Waals surface area contributed by atoms with Gasteiger partial charge < -0.3 is 9.73 Å². The second-order valence-corrected chi connectivity index (χ2v) is 7.01. The van der Waals surface area contributed by atoms with E-state index in [1.807, 2.05) is 31.4 Å². The molecule has 0 aliphatic carbocycles. The molecule has 0 aliphatic rings. The summed E-state index contributed by atoms with van der Waals surface area (Å²) in [4.78, 5) is 22.0. The molecule has 4 aromatic rings. The van der Waals surface area contributed by atoms with Gasteiger partial charge in [0.1, 0.15) is 11.6 Å². The van der Waals surface area contributed by atoms with Crippen molar-refractivity contribution in [2.75, 3.05) is 0 Å². The molecular formula is C19H16FN5O2S. The monoisotopic (exact) mass is 397 g/mol. The Morgan fingerprint density at radius 2 is 2.11 bits per heavy atom. The molecule has 0 fully saturated rings. The van der Waals surface area contributed by atoms with Crippen molar-refractivity contribution < 1.29 is 13.6 Å². The van der Waals surface area contributed by atoms with Crippen LogP contribution in [-0.4, -0.2) is 25.7 Å². The van der Waals surface area contributed by atoms with Crippen molar-refractivity contribution in [3.05, 3.63) is 70.8 Å². The molecule has 1 N–H and O–H groups in total. The highest BCUT2D eigenvalue weighted by atomic mass is 32.1. The van der Waals surface area contributed by atoms with Gasteiger partial charge in [-0.1, -0.05) is 12.1 Å². The van der Waals surface area contributed by atoms with E-state index in [-0.39, 0.29) is 12.4 Å². The number of oxazole rings is 1. The number of halogens is 1. The van der Waals surface area contributed by atoms with Crippen molar-refractivity contribution in [1.82, 2.24) is 25.1 Å². The number of aryl methyl sites for hydroxylation is 2. The Hall–Kier alpha value is -3.33. The quantitative estimate of drug-likeness (QED) is 0.555. The summed E-state index contributed by atoms with van der Waals surface area (Å²) in [6.45, 7) is 3.76. The van der Waals surface area contributed by atoms with Crippen LogP contribution < -0.4 is 5.32 Å². The van der Waals surface area contributed by atoms with Gasteiger partial charge in [0, 0.05) is 0 Å². The maximum Gasteiger partial charge on any atom is 0.291 e. The van der Waals surface area contributed by atoms with Crippen LogP contribution >= 0.6 is 11.3 Å². The van der Waals surface area contributed by atoms with Crippen LogP contribution in [0.2, 0.25) is 0 Å². The number of hydrogen-bond donors (Lipinski definition) is 1. The summed E-state index contributed by atoms with van der Waals surface area (Å²) >= 11 is 1.45. The van der Waals surface area contributed by atoms with E-state index >= 15 is 0 Å². The third-order valence-corrected chi connectivity index (χ3v) is 4.94. The van der Waals surface area contributed by atoms with Crippen molar-refractivity contribution in [2.45, 2.75) is 20.4 Å². The Morgan fingerprint density at radius 1 is 1.25 bits per heavy atom. The largest absolute Gasteiger partial charge is 0.444 e. The van der Waals surface area contributed by atoms with Crippen LogP contribution in [0.1, 0.15) is 28.0 Å². The highest BCUT2D eigenvalue weighted by Gasteiger charge is 2.20. The summed E-state index contributed by atoms with van der Waals surface area (Å²) in [6.07, 6.45) is 0. The minimum absolute atomic E-state index is 0.0207. The van der Waals surface area contributed by atoms with Gasteiger partial charge in [0.2, 0.25) is 11.7 Å². The van der Waals surface area contributed by atoms with E-state index in [0.717, 1.165) is 10.6 Å². The highest BCUT2D eigenvalue weighted by Crippen LogP contribution is 2.25. The SMILES string of the molecule is Cc1nc(CNC(=O)c2nc(-c3cccs3)n(-c3cccc(F)c3)n2)oc1C. The van der Waals surface area contributed by atoms with Crippen molar-refractivity contribution in [3.63, 3.8) is 0 Å². The Labute approximate surface area is 163 Å². The van der Waals surface area contributed by atoms with Crippen molar-refractivity contribution in [3.8, 4) is 16.4 Å². The van der Waals surface area contributed by atoms with E-state index in [0.29, 0.717) is 23.2 Å². The second kappa shape index (κ2) is 7.35. The molecule has 1 amide bonds. The number of hydrogen-bond acceptors (Lipinski definition) is 6. The maximum atomic E-state index is 13.7. The molecule has 0 aliphatic heterocycles. The summed E-state index contributed by atoms with van der Waals surface area (Å²) in [7, 11) is 0. The lowest BCUT2D eigenvalue weighted by Gasteiger charge is -2.04. The van der Waals surface area contributed by atoms with E-state index in [1.165, 1.54) is 28.2 Å². The molecule has 0 spiro atoms. The first kappa shape index (κ1) is 18.1. The lowest BCUT2D eigenvalue weighted by Crippen LogP contribution is -2.24. The summed E-state index contributed by atoms with van der Waals surface area (Å²) < 4.78 is 20.6. The molecule has 0 unspecified atom stereocenters. The standard InChI is InChI=1S/C19H16FN5O2S/c1-11-12(2)27-16(22-11)10-21-19(26)17-23-18(15-7-4-8-28-15)25(24-17)14-6-3-5-13(20)9-14/h3-9H,10H2,1-2H3,(H,21,26). The topological polar surface area (TPSA) is 85.8 Å². The number of carbonyl (C=O) groups excluding carboxylic acids is 1. The first-order chi connectivity index (χ1) is 13.5. The van der Waals surface area contributed by atoms with Gasteiger partial charge in [0.05, 0.1) is 22.8 Å². The van der Waals surface area contributed by atoms with Gasteiger partial charge >= 0.3 is 0 Å². The fourth-order valence-corrected chi connectivity index (χ4v) is 3.31. The van der Waals surface area contributed by atoms with Gasteiger partial charge in [-0.15, -0.1) is 16.4 Å². The molecule has 28 heavy (non-hydrogen) atoms. The lowest BCUT2D eigenvalue weighted by molar-refractivity contribution is 0.0937. The molecule has 3 aromatic heterocycles. The van der Waals surface area contributed by atoms with E-state index in [4.69, 9.17) is 4.42 Å². The van der Waals surface area contributed by atoms with Crippen LogP contribution in [0, 0.1) is 19.7 Å². The van der Waals surface area contributed by atoms with Gasteiger partial charge in [-0.3, -0.25) is 4.79 Å². The highest BCUT2D eigenvalue weighted by molar-refractivity contribution is 7.13. The van der Waals surface area contributed by atoms with Crippen molar-refractivity contribution in [1.29, 1.82) is 0 Å². The zero-order valence-electron chi connectivity index (χ0n) is 15.1. The minimum Gasteiger partial charge on any atom is -0.444 e. The van der Waals surface area contributed by atoms with Crippen LogP contribution in [0.3, 0.4) is 0 Å². The minimum atomic E-state index is -0.471. The molecule has 142 valence electrons. The smallest absolute Gasteiger partial charge is 0.291 e. The van der Waals surface area contributed by atoms with E-state index in [9.17, 15) is 9.18 Å². The molecule has 1 aromatic carbocycles. The Morgan fingerprint density at radius 3 is 2.79 bits per heavy atom. The number of aromatic nitrogens is 4. The van der Waals surface area contributed by atoms with E-state index in [2.05, 4.69) is 20.4 Å². The first-order valence-corrected chi connectivity index (χ1v) is 9.37. The Balaban J connectivity index is 1.64. The van der Waals surface area contributed by atoms with Crippen molar-refractivity contribution in [2.24, 2.45) is 0 Å². The molecule has 0 saturated heterocycles. The molecule has 4 rings (SSSR count). The van der Waals surface area contributed by atoms with Gasteiger partial charge in [0.25, 0.3) is 5.91 Å². The fraction of sp³-hybridized carbons (Fsp3) is 0.158. The van der Waals surface area contributed by atoms with Crippen molar-refractivity contribution >= 4 is 17.2 Å². The zero-order chi connectivity index (χ0) is 19.7. The predicted molar refractivity (Wildman–Crippen MR) is 102 cm³/mol. The Kier molecular flexibility index (Phi) is 4.74. The van der Waals surface area contributed by atoms with Crippen LogP contribution in [-0.2, 0) is 6.54 Å². The maximum absolute atomic E-state index is 13.7. The molecule has 3 heterocycles. The average molecular weight is 397 g/mol. The van der Waals surface area contributed by atoms with Crippen LogP contribution in [0.5, 0.6) is 0 Å². The third kappa shape index (κ3) is 3.56. The average Bonchev–Trinajstić information content (AvgIpc) is 3.40. The number of nitrogens with one attached hydrogen (secondary N) is 1. The molecule has 9 heteroatoms. The third-order valence-electron chi connectivity index (χ3n) is 4.08. The zero-order valence-corrected chi connectivity index (χ0v) is 16.0. The van der Waals surface area contributed by atoms with Gasteiger partial charge in [-0.05, 0) is 43.5 Å². The van der Waals surface area contributed by atoms with Crippen LogP contribution in [0.4, 0.5) is 4.39 Å². The number of amides is 1. The summed E-state index contributed by atoms with van der Waals surface area (Å²) in [6, 6.07) is 9.71. The van der Waals surface area contributed by atoms with Gasteiger partial charge in [0.15, 0.2) is 5.82 Å². The Bertz CT molecular complexity index is 1110.